The van der Waals surface area contributed by atoms with E-state index in [-0.39, 0.29) is 5.54 Å². The summed E-state index contributed by atoms with van der Waals surface area (Å²) in [5.74, 6) is 1.65. The molecule has 4 nitrogen and oxygen atoms in total. The van der Waals surface area contributed by atoms with Crippen LogP contribution in [0.25, 0.3) is 11.2 Å². The lowest BCUT2D eigenvalue weighted by Gasteiger charge is -2.24. The topological polar surface area (TPSA) is 35.6 Å². The summed E-state index contributed by atoms with van der Waals surface area (Å²) in [4.78, 5) is 4.80. The van der Waals surface area contributed by atoms with E-state index in [0.29, 0.717) is 5.88 Å². The Labute approximate surface area is 119 Å². The van der Waals surface area contributed by atoms with Gasteiger partial charge in [-0.25, -0.2) is 4.98 Å². The van der Waals surface area contributed by atoms with E-state index in [2.05, 4.69) is 37.4 Å². The van der Waals surface area contributed by atoms with Crippen molar-refractivity contribution in [1.82, 2.24) is 19.3 Å². The van der Waals surface area contributed by atoms with Crippen molar-refractivity contribution in [3.05, 3.63) is 11.5 Å². The normalized spacial score (nSPS) is 12.5. The first-order valence-electron chi connectivity index (χ1n) is 6.89. The summed E-state index contributed by atoms with van der Waals surface area (Å²) in [6.07, 6.45) is 2.84. The molecule has 0 fully saturated rings. The fourth-order valence-corrected chi connectivity index (χ4v) is 2.76. The first-order chi connectivity index (χ1) is 8.90. The molecule has 5 heteroatoms. The average Bonchev–Trinajstić information content (AvgIpc) is 2.79. The fourth-order valence-electron chi connectivity index (χ4n) is 2.59. The van der Waals surface area contributed by atoms with E-state index in [9.17, 15) is 0 Å². The number of nitrogens with zero attached hydrogens (tertiary/aromatic N) is 4. The Kier molecular flexibility index (Phi) is 3.90. The highest BCUT2D eigenvalue weighted by Crippen LogP contribution is 2.27. The zero-order valence-electron chi connectivity index (χ0n) is 12.5. The van der Waals surface area contributed by atoms with Crippen molar-refractivity contribution in [2.75, 3.05) is 5.88 Å². The van der Waals surface area contributed by atoms with Gasteiger partial charge in [0.15, 0.2) is 5.65 Å². The molecule has 0 bridgehead atoms. The first-order valence-corrected chi connectivity index (χ1v) is 7.43. The van der Waals surface area contributed by atoms with Gasteiger partial charge in [0.25, 0.3) is 0 Å². The molecule has 0 aliphatic rings. The number of alkyl halides is 1. The summed E-state index contributed by atoms with van der Waals surface area (Å²) in [5, 5.41) is 4.62. The zero-order valence-corrected chi connectivity index (χ0v) is 13.3. The third-order valence-corrected chi connectivity index (χ3v) is 3.44. The minimum absolute atomic E-state index is 0.0204. The van der Waals surface area contributed by atoms with Crippen LogP contribution in [-0.2, 0) is 25.4 Å². The van der Waals surface area contributed by atoms with E-state index >= 15 is 0 Å². The molecule has 2 aromatic rings. The number of aromatic nitrogens is 4. The number of fused-ring (bicyclic) bond motifs is 1. The lowest BCUT2D eigenvalue weighted by atomic mass is 10.1. The number of imidazole rings is 1. The minimum Gasteiger partial charge on any atom is -0.307 e. The number of hydrogen-bond acceptors (Lipinski definition) is 2. The second kappa shape index (κ2) is 5.16. The van der Waals surface area contributed by atoms with Crippen LogP contribution in [0.5, 0.6) is 0 Å². The van der Waals surface area contributed by atoms with Gasteiger partial charge in [0.05, 0.1) is 5.69 Å². The summed E-state index contributed by atoms with van der Waals surface area (Å²) in [6, 6.07) is 0. The molecule has 2 heterocycles. The van der Waals surface area contributed by atoms with Crippen LogP contribution >= 0.6 is 11.6 Å². The minimum atomic E-state index is -0.0204. The Morgan fingerprint density at radius 3 is 2.42 bits per heavy atom. The van der Waals surface area contributed by atoms with Gasteiger partial charge in [-0.3, -0.25) is 4.68 Å². The van der Waals surface area contributed by atoms with Gasteiger partial charge in [0, 0.05) is 24.9 Å². The number of hydrogen-bond donors (Lipinski definition) is 0. The number of rotatable bonds is 4. The van der Waals surface area contributed by atoms with Crippen LogP contribution in [0.4, 0.5) is 0 Å². The van der Waals surface area contributed by atoms with Crippen molar-refractivity contribution >= 4 is 22.8 Å². The SMILES string of the molecule is CCCc1nn(C)c2c1nc(CCCl)n2C(C)(C)C. The molecule has 0 atom stereocenters. The molecule has 0 saturated heterocycles. The van der Waals surface area contributed by atoms with E-state index in [1.807, 2.05) is 11.7 Å². The highest BCUT2D eigenvalue weighted by Gasteiger charge is 2.25. The highest BCUT2D eigenvalue weighted by atomic mass is 35.5. The molecule has 0 aliphatic carbocycles. The summed E-state index contributed by atoms with van der Waals surface area (Å²) in [5.41, 5.74) is 3.22. The van der Waals surface area contributed by atoms with Gasteiger partial charge in [-0.05, 0) is 27.2 Å². The molecule has 2 rings (SSSR count). The Balaban J connectivity index is 2.71. The van der Waals surface area contributed by atoms with Crippen molar-refractivity contribution in [2.24, 2.45) is 7.05 Å². The second-order valence-corrected chi connectivity index (χ2v) is 6.34. The Morgan fingerprint density at radius 1 is 1.21 bits per heavy atom. The molecular formula is C14H23ClN4. The largest absolute Gasteiger partial charge is 0.307 e. The quantitative estimate of drug-likeness (QED) is 0.807. The van der Waals surface area contributed by atoms with Crippen molar-refractivity contribution in [2.45, 2.75) is 52.5 Å². The molecule has 2 aromatic heterocycles. The molecular weight excluding hydrogens is 260 g/mol. The summed E-state index contributed by atoms with van der Waals surface area (Å²) in [7, 11) is 2.00. The van der Waals surface area contributed by atoms with E-state index in [4.69, 9.17) is 16.6 Å². The maximum Gasteiger partial charge on any atom is 0.159 e. The average molecular weight is 283 g/mol. The summed E-state index contributed by atoms with van der Waals surface area (Å²) >= 11 is 5.92. The molecule has 0 spiro atoms. The van der Waals surface area contributed by atoms with E-state index in [0.717, 1.165) is 41.9 Å². The molecule has 0 amide bonds. The van der Waals surface area contributed by atoms with Crippen LogP contribution in [0.3, 0.4) is 0 Å². The van der Waals surface area contributed by atoms with Gasteiger partial charge >= 0.3 is 0 Å². The van der Waals surface area contributed by atoms with Gasteiger partial charge in [0.2, 0.25) is 0 Å². The number of halogens is 1. The maximum absolute atomic E-state index is 5.92. The second-order valence-electron chi connectivity index (χ2n) is 5.97. The molecule has 0 aromatic carbocycles. The highest BCUT2D eigenvalue weighted by molar-refractivity contribution is 6.17. The predicted molar refractivity (Wildman–Crippen MR) is 79.9 cm³/mol. The standard InChI is InChI=1S/C14H23ClN4/c1-6-7-10-12-13(18(5)17-10)19(14(2,3)4)11(16-12)8-9-15/h6-9H2,1-5H3. The zero-order chi connectivity index (χ0) is 14.2. The van der Waals surface area contributed by atoms with Crippen LogP contribution in [0.1, 0.15) is 45.6 Å². The molecule has 0 aliphatic heterocycles. The van der Waals surface area contributed by atoms with Crippen molar-refractivity contribution < 1.29 is 0 Å². The maximum atomic E-state index is 5.92. The first kappa shape index (κ1) is 14.4. The van der Waals surface area contributed by atoms with Crippen molar-refractivity contribution in [3.63, 3.8) is 0 Å². The van der Waals surface area contributed by atoms with Crippen LogP contribution in [-0.4, -0.2) is 25.2 Å². The third kappa shape index (κ3) is 2.50. The molecule has 0 saturated carbocycles. The molecule has 0 unspecified atom stereocenters. The van der Waals surface area contributed by atoms with Gasteiger partial charge < -0.3 is 4.57 Å². The number of aryl methyl sites for hydroxylation is 3. The van der Waals surface area contributed by atoms with Gasteiger partial charge in [0.1, 0.15) is 11.3 Å². The smallest absolute Gasteiger partial charge is 0.159 e. The summed E-state index contributed by atoms with van der Waals surface area (Å²) < 4.78 is 4.23. The van der Waals surface area contributed by atoms with E-state index in [1.54, 1.807) is 0 Å². The van der Waals surface area contributed by atoms with Crippen LogP contribution in [0, 0.1) is 0 Å². The van der Waals surface area contributed by atoms with Crippen molar-refractivity contribution in [1.29, 1.82) is 0 Å². The Morgan fingerprint density at radius 2 is 1.89 bits per heavy atom. The monoisotopic (exact) mass is 282 g/mol. The Hall–Kier alpha value is -1.03. The lowest BCUT2D eigenvalue weighted by molar-refractivity contribution is 0.388. The van der Waals surface area contributed by atoms with Crippen molar-refractivity contribution in [3.8, 4) is 0 Å². The molecule has 106 valence electrons. The molecule has 19 heavy (non-hydrogen) atoms. The lowest BCUT2D eigenvalue weighted by Crippen LogP contribution is -2.25. The van der Waals surface area contributed by atoms with Gasteiger partial charge in [-0.2, -0.15) is 5.10 Å². The third-order valence-electron chi connectivity index (χ3n) is 3.25. The van der Waals surface area contributed by atoms with Gasteiger partial charge in [-0.15, -0.1) is 11.6 Å². The van der Waals surface area contributed by atoms with Crippen LogP contribution in [0.15, 0.2) is 0 Å². The Bertz CT molecular complexity index is 574. The fraction of sp³-hybridized carbons (Fsp3) is 0.714. The van der Waals surface area contributed by atoms with Crippen LogP contribution in [0.2, 0.25) is 0 Å². The van der Waals surface area contributed by atoms with Crippen LogP contribution < -0.4 is 0 Å². The van der Waals surface area contributed by atoms with Gasteiger partial charge in [-0.1, -0.05) is 13.3 Å². The van der Waals surface area contributed by atoms with E-state index < -0.39 is 0 Å². The summed E-state index contributed by atoms with van der Waals surface area (Å²) in [6.45, 7) is 8.75. The molecule has 0 radical (unpaired) electrons. The molecule has 0 N–H and O–H groups in total. The van der Waals surface area contributed by atoms with E-state index in [1.165, 1.54) is 0 Å². The predicted octanol–water partition coefficient (Wildman–Crippen LogP) is 3.26.